The van der Waals surface area contributed by atoms with Crippen LogP contribution in [-0.4, -0.2) is 51.3 Å². The number of hydrogen-bond acceptors (Lipinski definition) is 5. The number of hydrogen-bond donors (Lipinski definition) is 1. The fraction of sp³-hybridized carbons (Fsp3) is 0.611. The Bertz CT molecular complexity index is 727. The molecule has 2 rings (SSSR count). The van der Waals surface area contributed by atoms with Crippen molar-refractivity contribution in [1.82, 2.24) is 9.62 Å². The molecule has 1 saturated heterocycles. The van der Waals surface area contributed by atoms with E-state index in [2.05, 4.69) is 4.72 Å². The summed E-state index contributed by atoms with van der Waals surface area (Å²) in [5.41, 5.74) is -0.587. The van der Waals surface area contributed by atoms with Crippen LogP contribution >= 0.6 is 0 Å². The lowest BCUT2D eigenvalue weighted by atomic mass is 10.0. The second kappa shape index (κ2) is 8.26. The minimum atomic E-state index is -3.74. The van der Waals surface area contributed by atoms with Crippen molar-refractivity contribution in [2.75, 3.05) is 20.2 Å². The van der Waals surface area contributed by atoms with E-state index in [9.17, 15) is 13.2 Å². The molecule has 1 amide bonds. The smallest absolute Gasteiger partial charge is 0.410 e. The number of methoxy groups -OCH3 is 1. The third-order valence-corrected chi connectivity index (χ3v) is 5.59. The van der Waals surface area contributed by atoms with Crippen molar-refractivity contribution in [2.45, 2.75) is 56.6 Å². The van der Waals surface area contributed by atoms with Crippen LogP contribution in [0.2, 0.25) is 0 Å². The quantitative estimate of drug-likeness (QED) is 0.844. The maximum atomic E-state index is 12.6. The van der Waals surface area contributed by atoms with Gasteiger partial charge in [0.15, 0.2) is 0 Å². The fourth-order valence-corrected chi connectivity index (χ4v) is 4.14. The van der Waals surface area contributed by atoms with Gasteiger partial charge in [0.1, 0.15) is 16.2 Å². The summed E-state index contributed by atoms with van der Waals surface area (Å²) < 4.78 is 38.5. The van der Waals surface area contributed by atoms with Gasteiger partial charge in [-0.25, -0.2) is 17.9 Å². The Balaban J connectivity index is 2.09. The lowest BCUT2D eigenvalue weighted by Crippen LogP contribution is -2.50. The Hall–Kier alpha value is -1.80. The highest BCUT2D eigenvalue weighted by atomic mass is 32.2. The highest BCUT2D eigenvalue weighted by Crippen LogP contribution is 2.24. The second-order valence-electron chi connectivity index (χ2n) is 7.33. The van der Waals surface area contributed by atoms with Crippen molar-refractivity contribution in [3.05, 3.63) is 24.3 Å². The molecule has 8 heteroatoms. The number of rotatable bonds is 5. The van der Waals surface area contributed by atoms with E-state index in [1.165, 1.54) is 13.2 Å². The van der Waals surface area contributed by atoms with Crippen molar-refractivity contribution in [3.8, 4) is 5.75 Å². The van der Waals surface area contributed by atoms with Gasteiger partial charge in [-0.1, -0.05) is 12.1 Å². The van der Waals surface area contributed by atoms with Gasteiger partial charge in [-0.05, 0) is 52.2 Å². The standard InChI is InChI=1S/C18H28N2O5S/c1-18(2,3)25-17(21)20-12-8-7-9-14(20)13-19-26(22,23)16-11-6-5-10-15(16)24-4/h5-6,10-11,14,19H,7-9,12-13H2,1-4H3. The Kier molecular flexibility index (Phi) is 6.52. The van der Waals surface area contributed by atoms with E-state index in [1.807, 2.05) is 20.8 Å². The third-order valence-electron chi connectivity index (χ3n) is 4.12. The van der Waals surface area contributed by atoms with E-state index in [0.717, 1.165) is 19.3 Å². The van der Waals surface area contributed by atoms with E-state index >= 15 is 0 Å². The normalized spacial score (nSPS) is 18.5. The summed E-state index contributed by atoms with van der Waals surface area (Å²) in [4.78, 5) is 14.1. The highest BCUT2D eigenvalue weighted by Gasteiger charge is 2.31. The molecule has 0 saturated carbocycles. The number of carbonyl (C=O) groups excluding carboxylic acids is 1. The van der Waals surface area contributed by atoms with Crippen LogP contribution in [0.15, 0.2) is 29.2 Å². The number of benzene rings is 1. The summed E-state index contributed by atoms with van der Waals surface area (Å²) in [6, 6.07) is 6.21. The maximum Gasteiger partial charge on any atom is 0.410 e. The number of ether oxygens (including phenoxy) is 2. The molecule has 1 atom stereocenters. The molecule has 1 heterocycles. The summed E-state index contributed by atoms with van der Waals surface area (Å²) in [5, 5.41) is 0. The van der Waals surface area contributed by atoms with Crippen molar-refractivity contribution in [2.24, 2.45) is 0 Å². The largest absolute Gasteiger partial charge is 0.495 e. The summed E-state index contributed by atoms with van der Waals surface area (Å²) in [7, 11) is -2.31. The van der Waals surface area contributed by atoms with Crippen LogP contribution < -0.4 is 9.46 Å². The van der Waals surface area contributed by atoms with Crippen molar-refractivity contribution in [3.63, 3.8) is 0 Å². The van der Waals surface area contributed by atoms with Gasteiger partial charge in [-0.2, -0.15) is 0 Å². The molecule has 1 N–H and O–H groups in total. The summed E-state index contributed by atoms with van der Waals surface area (Å²) >= 11 is 0. The number of amides is 1. The second-order valence-corrected chi connectivity index (χ2v) is 9.06. The number of piperidine rings is 1. The van der Waals surface area contributed by atoms with Crippen LogP contribution in [0.25, 0.3) is 0 Å². The molecule has 1 unspecified atom stereocenters. The first-order chi connectivity index (χ1) is 12.1. The van der Waals surface area contributed by atoms with Gasteiger partial charge in [0.2, 0.25) is 10.0 Å². The van der Waals surface area contributed by atoms with Gasteiger partial charge >= 0.3 is 6.09 Å². The average molecular weight is 384 g/mol. The van der Waals surface area contributed by atoms with Crippen LogP contribution in [0.4, 0.5) is 4.79 Å². The van der Waals surface area contributed by atoms with E-state index in [4.69, 9.17) is 9.47 Å². The van der Waals surface area contributed by atoms with E-state index in [0.29, 0.717) is 6.54 Å². The molecule has 146 valence electrons. The molecule has 0 aromatic heterocycles. The summed E-state index contributed by atoms with van der Waals surface area (Å²) in [6.45, 7) is 6.15. The van der Waals surface area contributed by atoms with E-state index in [1.54, 1.807) is 23.1 Å². The topological polar surface area (TPSA) is 84.9 Å². The van der Waals surface area contributed by atoms with Crippen LogP contribution in [0, 0.1) is 0 Å². The van der Waals surface area contributed by atoms with Gasteiger partial charge in [0.25, 0.3) is 0 Å². The fourth-order valence-electron chi connectivity index (χ4n) is 2.90. The molecule has 1 aromatic carbocycles. The first kappa shape index (κ1) is 20.5. The van der Waals surface area contributed by atoms with E-state index < -0.39 is 21.7 Å². The van der Waals surface area contributed by atoms with Crippen molar-refractivity contribution >= 4 is 16.1 Å². The zero-order chi connectivity index (χ0) is 19.4. The van der Waals surface area contributed by atoms with Crippen LogP contribution in [0.5, 0.6) is 5.75 Å². The van der Waals surface area contributed by atoms with Gasteiger partial charge in [0.05, 0.1) is 7.11 Å². The summed E-state index contributed by atoms with van der Waals surface area (Å²) in [5.74, 6) is 0.285. The Morgan fingerprint density at radius 1 is 1.27 bits per heavy atom. The number of nitrogens with one attached hydrogen (secondary N) is 1. The molecule has 0 bridgehead atoms. The predicted octanol–water partition coefficient (Wildman–Crippen LogP) is 2.76. The predicted molar refractivity (Wildman–Crippen MR) is 98.8 cm³/mol. The lowest BCUT2D eigenvalue weighted by Gasteiger charge is -2.36. The zero-order valence-corrected chi connectivity index (χ0v) is 16.6. The molecule has 7 nitrogen and oxygen atoms in total. The Morgan fingerprint density at radius 2 is 1.96 bits per heavy atom. The lowest BCUT2D eigenvalue weighted by molar-refractivity contribution is 0.0105. The monoisotopic (exact) mass is 384 g/mol. The Labute approximate surface area is 155 Å². The van der Waals surface area contributed by atoms with Gasteiger partial charge in [-0.15, -0.1) is 0 Å². The van der Waals surface area contributed by atoms with Gasteiger partial charge in [-0.3, -0.25) is 0 Å². The molecule has 0 radical (unpaired) electrons. The first-order valence-corrected chi connectivity index (χ1v) is 10.2. The number of carbonyl (C=O) groups is 1. The van der Waals surface area contributed by atoms with Gasteiger partial charge < -0.3 is 14.4 Å². The van der Waals surface area contributed by atoms with Gasteiger partial charge in [0, 0.05) is 19.1 Å². The molecule has 0 spiro atoms. The number of sulfonamides is 1. The Morgan fingerprint density at radius 3 is 2.62 bits per heavy atom. The van der Waals surface area contributed by atoms with E-state index in [-0.39, 0.29) is 23.2 Å². The summed E-state index contributed by atoms with van der Waals surface area (Å²) in [6.07, 6.45) is 2.15. The average Bonchev–Trinajstić information content (AvgIpc) is 2.58. The minimum Gasteiger partial charge on any atom is -0.495 e. The number of likely N-dealkylation sites (tertiary alicyclic amines) is 1. The molecular weight excluding hydrogens is 356 g/mol. The molecule has 1 aliphatic heterocycles. The molecule has 26 heavy (non-hydrogen) atoms. The molecule has 0 aliphatic carbocycles. The number of nitrogens with zero attached hydrogens (tertiary/aromatic N) is 1. The SMILES string of the molecule is COc1ccccc1S(=O)(=O)NCC1CCCCN1C(=O)OC(C)(C)C. The highest BCUT2D eigenvalue weighted by molar-refractivity contribution is 7.89. The zero-order valence-electron chi connectivity index (χ0n) is 15.8. The van der Waals surface area contributed by atoms with Crippen molar-refractivity contribution < 1.29 is 22.7 Å². The van der Waals surface area contributed by atoms with Crippen molar-refractivity contribution in [1.29, 1.82) is 0 Å². The third kappa shape index (κ3) is 5.35. The van der Waals surface area contributed by atoms with Crippen LogP contribution in [0.3, 0.4) is 0 Å². The molecule has 1 aromatic rings. The number of para-hydroxylation sites is 1. The minimum absolute atomic E-state index is 0.0853. The maximum absolute atomic E-state index is 12.6. The molecule has 1 fully saturated rings. The molecular formula is C18H28N2O5S. The first-order valence-electron chi connectivity index (χ1n) is 8.76. The van der Waals surface area contributed by atoms with Crippen LogP contribution in [-0.2, 0) is 14.8 Å². The molecule has 1 aliphatic rings. The van der Waals surface area contributed by atoms with Crippen LogP contribution in [0.1, 0.15) is 40.0 Å².